The molecule has 2 N–H and O–H groups in total. The largest absolute Gasteiger partial charge is 0.454 e. The normalized spacial score (nSPS) is 23.0. The van der Waals surface area contributed by atoms with E-state index in [4.69, 9.17) is 19.9 Å². The minimum Gasteiger partial charge on any atom is -0.454 e. The van der Waals surface area contributed by atoms with Crippen LogP contribution in [0.15, 0.2) is 18.2 Å². The molecule has 2 aliphatic rings. The first-order valence-electron chi connectivity index (χ1n) is 6.69. The highest BCUT2D eigenvalue weighted by molar-refractivity contribution is 5.45. The Morgan fingerprint density at radius 1 is 1.37 bits per heavy atom. The predicted molar refractivity (Wildman–Crippen MR) is 71.3 cm³/mol. The molecule has 3 rings (SSSR count). The molecule has 5 nitrogen and oxygen atoms in total. The summed E-state index contributed by atoms with van der Waals surface area (Å²) in [5.74, 6) is 1.62. The van der Waals surface area contributed by atoms with Crippen molar-refractivity contribution in [3.05, 3.63) is 23.8 Å². The fourth-order valence-electron chi connectivity index (χ4n) is 2.76. The van der Waals surface area contributed by atoms with Crippen LogP contribution in [-0.2, 0) is 4.74 Å². The zero-order valence-corrected chi connectivity index (χ0v) is 11.2. The lowest BCUT2D eigenvalue weighted by Crippen LogP contribution is -2.38. The van der Waals surface area contributed by atoms with Crippen molar-refractivity contribution >= 4 is 0 Å². The van der Waals surface area contributed by atoms with Gasteiger partial charge in [-0.25, -0.2) is 0 Å². The van der Waals surface area contributed by atoms with Crippen LogP contribution in [0.3, 0.4) is 0 Å². The van der Waals surface area contributed by atoms with Crippen molar-refractivity contribution in [3.63, 3.8) is 0 Å². The van der Waals surface area contributed by atoms with Gasteiger partial charge in [0.05, 0.1) is 6.61 Å². The Balaban J connectivity index is 1.81. The molecule has 2 aliphatic heterocycles. The van der Waals surface area contributed by atoms with E-state index in [1.54, 1.807) is 0 Å². The van der Waals surface area contributed by atoms with Crippen LogP contribution in [0.5, 0.6) is 11.5 Å². The third-order valence-corrected chi connectivity index (χ3v) is 3.98. The summed E-state index contributed by atoms with van der Waals surface area (Å²) >= 11 is 0. The summed E-state index contributed by atoms with van der Waals surface area (Å²) < 4.78 is 16.2. The Morgan fingerprint density at radius 3 is 2.95 bits per heavy atom. The average molecular weight is 264 g/mol. The van der Waals surface area contributed by atoms with Gasteiger partial charge in [0.1, 0.15) is 0 Å². The number of ether oxygens (including phenoxy) is 3. The molecule has 5 heteroatoms. The van der Waals surface area contributed by atoms with E-state index in [1.807, 2.05) is 12.1 Å². The molecular weight excluding hydrogens is 244 g/mol. The van der Waals surface area contributed by atoms with Gasteiger partial charge in [-0.2, -0.15) is 0 Å². The minimum atomic E-state index is 0.182. The van der Waals surface area contributed by atoms with Crippen LogP contribution in [0.1, 0.15) is 18.0 Å². The van der Waals surface area contributed by atoms with Crippen LogP contribution in [0.25, 0.3) is 0 Å². The molecule has 0 spiro atoms. The second-order valence-electron chi connectivity index (χ2n) is 5.05. The SMILES string of the molecule is CN(C1CCOC1)C(CN)c1ccc2c(c1)OCO2. The van der Waals surface area contributed by atoms with Gasteiger partial charge < -0.3 is 19.9 Å². The lowest BCUT2D eigenvalue weighted by atomic mass is 10.0. The van der Waals surface area contributed by atoms with Gasteiger partial charge in [0.25, 0.3) is 0 Å². The van der Waals surface area contributed by atoms with Crippen molar-refractivity contribution in [1.82, 2.24) is 4.90 Å². The van der Waals surface area contributed by atoms with Gasteiger partial charge in [0.15, 0.2) is 11.5 Å². The molecule has 0 aliphatic carbocycles. The molecule has 2 heterocycles. The van der Waals surface area contributed by atoms with Crippen LogP contribution in [-0.4, -0.2) is 44.5 Å². The van der Waals surface area contributed by atoms with E-state index in [1.165, 1.54) is 5.56 Å². The smallest absolute Gasteiger partial charge is 0.231 e. The molecule has 1 fully saturated rings. The molecule has 2 atom stereocenters. The number of likely N-dealkylation sites (N-methyl/N-ethyl adjacent to an activating group) is 1. The lowest BCUT2D eigenvalue weighted by molar-refractivity contribution is 0.134. The Bertz CT molecular complexity index is 446. The molecule has 19 heavy (non-hydrogen) atoms. The minimum absolute atomic E-state index is 0.182. The summed E-state index contributed by atoms with van der Waals surface area (Å²) in [7, 11) is 2.11. The maximum Gasteiger partial charge on any atom is 0.231 e. The summed E-state index contributed by atoms with van der Waals surface area (Å²) in [5.41, 5.74) is 7.13. The summed E-state index contributed by atoms with van der Waals surface area (Å²) in [6.07, 6.45) is 1.07. The first-order chi connectivity index (χ1) is 9.29. The van der Waals surface area contributed by atoms with Crippen LogP contribution < -0.4 is 15.2 Å². The van der Waals surface area contributed by atoms with Gasteiger partial charge in [0.2, 0.25) is 6.79 Å². The second kappa shape index (κ2) is 5.36. The summed E-state index contributed by atoms with van der Waals surface area (Å²) in [5, 5.41) is 0. The highest BCUT2D eigenvalue weighted by Gasteiger charge is 2.27. The number of fused-ring (bicyclic) bond motifs is 1. The molecule has 1 aromatic carbocycles. The highest BCUT2D eigenvalue weighted by atomic mass is 16.7. The number of benzene rings is 1. The number of hydrogen-bond donors (Lipinski definition) is 1. The van der Waals surface area contributed by atoms with E-state index < -0.39 is 0 Å². The number of hydrogen-bond acceptors (Lipinski definition) is 5. The molecule has 0 aromatic heterocycles. The van der Waals surface area contributed by atoms with Crippen molar-refractivity contribution in [2.75, 3.05) is 33.6 Å². The van der Waals surface area contributed by atoms with Gasteiger partial charge in [-0.1, -0.05) is 6.07 Å². The molecule has 1 aromatic rings. The van der Waals surface area contributed by atoms with Gasteiger partial charge in [-0.15, -0.1) is 0 Å². The lowest BCUT2D eigenvalue weighted by Gasteiger charge is -2.31. The molecule has 0 amide bonds. The zero-order chi connectivity index (χ0) is 13.2. The third kappa shape index (κ3) is 2.41. The van der Waals surface area contributed by atoms with E-state index in [0.717, 1.165) is 31.1 Å². The molecular formula is C14H20N2O3. The zero-order valence-electron chi connectivity index (χ0n) is 11.2. The van der Waals surface area contributed by atoms with E-state index in [-0.39, 0.29) is 6.04 Å². The van der Waals surface area contributed by atoms with E-state index >= 15 is 0 Å². The Kier molecular flexibility index (Phi) is 3.59. The summed E-state index contributed by atoms with van der Waals surface area (Å²) in [4.78, 5) is 2.31. The van der Waals surface area contributed by atoms with Gasteiger partial charge in [0, 0.05) is 25.2 Å². The molecule has 0 saturated carbocycles. The first kappa shape index (κ1) is 12.7. The third-order valence-electron chi connectivity index (χ3n) is 3.98. The van der Waals surface area contributed by atoms with Crippen LogP contribution in [0.2, 0.25) is 0 Å². The molecule has 2 unspecified atom stereocenters. The second-order valence-corrected chi connectivity index (χ2v) is 5.05. The van der Waals surface area contributed by atoms with Crippen LogP contribution in [0, 0.1) is 0 Å². The number of rotatable bonds is 4. The Hall–Kier alpha value is -1.30. The summed E-state index contributed by atoms with van der Waals surface area (Å²) in [6.45, 7) is 2.51. The highest BCUT2D eigenvalue weighted by Crippen LogP contribution is 2.35. The van der Waals surface area contributed by atoms with Crippen molar-refractivity contribution in [2.24, 2.45) is 5.73 Å². The number of nitrogens with zero attached hydrogens (tertiary/aromatic N) is 1. The maximum absolute atomic E-state index is 5.96. The quantitative estimate of drug-likeness (QED) is 0.883. The van der Waals surface area contributed by atoms with E-state index in [2.05, 4.69) is 18.0 Å². The first-order valence-corrected chi connectivity index (χ1v) is 6.69. The fourth-order valence-corrected chi connectivity index (χ4v) is 2.76. The van der Waals surface area contributed by atoms with Crippen molar-refractivity contribution in [2.45, 2.75) is 18.5 Å². The van der Waals surface area contributed by atoms with Crippen LogP contribution in [0.4, 0.5) is 0 Å². The van der Waals surface area contributed by atoms with E-state index in [0.29, 0.717) is 19.4 Å². The average Bonchev–Trinajstić information content (AvgIpc) is 3.10. The standard InChI is InChI=1S/C14H20N2O3/c1-16(11-4-5-17-8-11)12(7-15)10-2-3-13-14(6-10)19-9-18-13/h2-3,6,11-12H,4-5,7-9,15H2,1H3. The van der Waals surface area contributed by atoms with Crippen molar-refractivity contribution in [3.8, 4) is 11.5 Å². The predicted octanol–water partition coefficient (Wildman–Crippen LogP) is 1.14. The van der Waals surface area contributed by atoms with Crippen molar-refractivity contribution in [1.29, 1.82) is 0 Å². The molecule has 1 saturated heterocycles. The maximum atomic E-state index is 5.96. The van der Waals surface area contributed by atoms with Gasteiger partial charge in [-0.05, 0) is 31.2 Å². The van der Waals surface area contributed by atoms with E-state index in [9.17, 15) is 0 Å². The monoisotopic (exact) mass is 264 g/mol. The van der Waals surface area contributed by atoms with Crippen LogP contribution >= 0.6 is 0 Å². The molecule has 0 radical (unpaired) electrons. The Morgan fingerprint density at radius 2 is 2.21 bits per heavy atom. The van der Waals surface area contributed by atoms with Gasteiger partial charge in [-0.3, -0.25) is 4.90 Å². The topological polar surface area (TPSA) is 57.0 Å². The molecule has 104 valence electrons. The summed E-state index contributed by atoms with van der Waals surface area (Å²) in [6, 6.07) is 6.68. The fraction of sp³-hybridized carbons (Fsp3) is 0.571. The van der Waals surface area contributed by atoms with Crippen molar-refractivity contribution < 1.29 is 14.2 Å². The molecule has 0 bridgehead atoms. The Labute approximate surface area is 113 Å². The number of nitrogens with two attached hydrogens (primary N) is 1. The van der Waals surface area contributed by atoms with Gasteiger partial charge >= 0.3 is 0 Å².